The van der Waals surface area contributed by atoms with Gasteiger partial charge in [-0.1, -0.05) is 24.3 Å². The number of rotatable bonds is 5. The molecule has 4 heteroatoms. The lowest BCUT2D eigenvalue weighted by atomic mass is 10.0. The molecule has 21 heavy (non-hydrogen) atoms. The van der Waals surface area contributed by atoms with E-state index in [1.807, 2.05) is 18.2 Å². The van der Waals surface area contributed by atoms with Gasteiger partial charge in [-0.15, -0.1) is 0 Å². The van der Waals surface area contributed by atoms with Gasteiger partial charge in [0.1, 0.15) is 0 Å². The number of carboxylic acids is 1. The van der Waals surface area contributed by atoms with Gasteiger partial charge < -0.3 is 10.0 Å². The zero-order valence-electron chi connectivity index (χ0n) is 12.8. The normalized spacial score (nSPS) is 20.2. The second-order valence-electron chi connectivity index (χ2n) is 5.84. The second kappa shape index (κ2) is 7.38. The van der Waals surface area contributed by atoms with Gasteiger partial charge in [0.25, 0.3) is 0 Å². The Morgan fingerprint density at radius 1 is 1.48 bits per heavy atom. The lowest BCUT2D eigenvalue weighted by Crippen LogP contribution is -2.44. The molecule has 1 N–H and O–H groups in total. The first-order valence-electron chi connectivity index (χ1n) is 7.44. The smallest absolute Gasteiger partial charge is 0.328 e. The van der Waals surface area contributed by atoms with E-state index in [-0.39, 0.29) is 0 Å². The highest BCUT2D eigenvalue weighted by atomic mass is 16.4. The third-order valence-corrected chi connectivity index (χ3v) is 4.10. The van der Waals surface area contributed by atoms with Gasteiger partial charge in [0.05, 0.1) is 0 Å². The van der Waals surface area contributed by atoms with E-state index in [0.717, 1.165) is 18.7 Å². The SMILES string of the molecule is CN1CCCC(N(C)Cc2ccccc2C=CC(=O)O)C1. The van der Waals surface area contributed by atoms with E-state index < -0.39 is 5.97 Å². The minimum atomic E-state index is -0.910. The Morgan fingerprint density at radius 2 is 2.24 bits per heavy atom. The van der Waals surface area contributed by atoms with E-state index in [0.29, 0.717) is 6.04 Å². The lowest BCUT2D eigenvalue weighted by Gasteiger charge is -2.36. The summed E-state index contributed by atoms with van der Waals surface area (Å²) in [6.45, 7) is 3.13. The molecule has 0 spiro atoms. The number of likely N-dealkylation sites (tertiary alicyclic amines) is 1. The Kier molecular flexibility index (Phi) is 5.53. The van der Waals surface area contributed by atoms with Crippen LogP contribution in [0.3, 0.4) is 0 Å². The van der Waals surface area contributed by atoms with Gasteiger partial charge in [-0.2, -0.15) is 0 Å². The van der Waals surface area contributed by atoms with Crippen LogP contribution < -0.4 is 0 Å². The average molecular weight is 288 g/mol. The third kappa shape index (κ3) is 4.69. The monoisotopic (exact) mass is 288 g/mol. The fraction of sp³-hybridized carbons (Fsp3) is 0.471. The summed E-state index contributed by atoms with van der Waals surface area (Å²) in [7, 11) is 4.32. The molecule has 1 aliphatic heterocycles. The minimum Gasteiger partial charge on any atom is -0.478 e. The number of nitrogens with zero attached hydrogens (tertiary/aromatic N) is 2. The van der Waals surface area contributed by atoms with Crippen molar-refractivity contribution in [1.82, 2.24) is 9.80 Å². The van der Waals surface area contributed by atoms with Crippen molar-refractivity contribution in [2.75, 3.05) is 27.2 Å². The van der Waals surface area contributed by atoms with Gasteiger partial charge in [-0.05, 0) is 50.7 Å². The Morgan fingerprint density at radius 3 is 2.95 bits per heavy atom. The molecule has 114 valence electrons. The summed E-state index contributed by atoms with van der Waals surface area (Å²) < 4.78 is 0. The maximum Gasteiger partial charge on any atom is 0.328 e. The van der Waals surface area contributed by atoms with Crippen LogP contribution in [-0.4, -0.2) is 54.1 Å². The van der Waals surface area contributed by atoms with Crippen LogP contribution in [0.4, 0.5) is 0 Å². The first-order valence-corrected chi connectivity index (χ1v) is 7.44. The van der Waals surface area contributed by atoms with Gasteiger partial charge in [0, 0.05) is 25.2 Å². The fourth-order valence-corrected chi connectivity index (χ4v) is 2.90. The van der Waals surface area contributed by atoms with E-state index in [2.05, 4.69) is 30.0 Å². The highest BCUT2D eigenvalue weighted by Gasteiger charge is 2.21. The molecule has 1 aliphatic rings. The Balaban J connectivity index is 2.06. The molecule has 2 rings (SSSR count). The molecule has 0 amide bonds. The van der Waals surface area contributed by atoms with Crippen LogP contribution in [-0.2, 0) is 11.3 Å². The first-order chi connectivity index (χ1) is 10.1. The number of hydrogen-bond donors (Lipinski definition) is 1. The molecule has 1 atom stereocenters. The number of piperidine rings is 1. The Hall–Kier alpha value is -1.65. The van der Waals surface area contributed by atoms with Crippen molar-refractivity contribution in [3.8, 4) is 0 Å². The average Bonchev–Trinajstić information content (AvgIpc) is 2.46. The number of carboxylic acid groups (broad SMARTS) is 1. The predicted molar refractivity (Wildman–Crippen MR) is 85.1 cm³/mol. The third-order valence-electron chi connectivity index (χ3n) is 4.10. The highest BCUT2D eigenvalue weighted by molar-refractivity contribution is 5.85. The summed E-state index contributed by atoms with van der Waals surface area (Å²) >= 11 is 0. The zero-order valence-corrected chi connectivity index (χ0v) is 12.8. The number of likely N-dealkylation sites (N-methyl/N-ethyl adjacent to an activating group) is 2. The number of aliphatic carboxylic acids is 1. The fourth-order valence-electron chi connectivity index (χ4n) is 2.90. The number of hydrogen-bond acceptors (Lipinski definition) is 3. The van der Waals surface area contributed by atoms with Gasteiger partial charge in [-0.3, -0.25) is 4.90 Å². The highest BCUT2D eigenvalue weighted by Crippen LogP contribution is 2.18. The van der Waals surface area contributed by atoms with Crippen molar-refractivity contribution in [2.24, 2.45) is 0 Å². The van der Waals surface area contributed by atoms with E-state index in [9.17, 15) is 4.79 Å². The summed E-state index contributed by atoms with van der Waals surface area (Å²) in [6.07, 6.45) is 5.35. The molecule has 1 aromatic rings. The first kappa shape index (κ1) is 15.7. The molecule has 0 aliphatic carbocycles. The molecule has 4 nitrogen and oxygen atoms in total. The molecular weight excluding hydrogens is 264 g/mol. The quantitative estimate of drug-likeness (QED) is 0.845. The van der Waals surface area contributed by atoms with Crippen molar-refractivity contribution in [1.29, 1.82) is 0 Å². The van der Waals surface area contributed by atoms with Crippen LogP contribution in [0.25, 0.3) is 6.08 Å². The molecular formula is C17H24N2O2. The van der Waals surface area contributed by atoms with Crippen molar-refractivity contribution in [3.63, 3.8) is 0 Å². The summed E-state index contributed by atoms with van der Waals surface area (Å²) in [5, 5.41) is 8.78. The van der Waals surface area contributed by atoms with Crippen molar-refractivity contribution < 1.29 is 9.90 Å². The van der Waals surface area contributed by atoms with E-state index in [4.69, 9.17) is 5.11 Å². The van der Waals surface area contributed by atoms with Crippen molar-refractivity contribution in [3.05, 3.63) is 41.5 Å². The predicted octanol–water partition coefficient (Wildman–Crippen LogP) is 2.31. The molecule has 1 heterocycles. The van der Waals surface area contributed by atoms with Crippen LogP contribution in [0.2, 0.25) is 0 Å². The second-order valence-corrected chi connectivity index (χ2v) is 5.84. The summed E-state index contributed by atoms with van der Waals surface area (Å²) in [5.41, 5.74) is 2.15. The summed E-state index contributed by atoms with van der Waals surface area (Å²) in [4.78, 5) is 15.4. The van der Waals surface area contributed by atoms with Crippen LogP contribution in [0.5, 0.6) is 0 Å². The maximum atomic E-state index is 10.7. The van der Waals surface area contributed by atoms with E-state index >= 15 is 0 Å². The van der Waals surface area contributed by atoms with Gasteiger partial charge in [0.15, 0.2) is 0 Å². The molecule has 0 saturated carbocycles. The Labute approximate surface area is 126 Å². The van der Waals surface area contributed by atoms with E-state index in [1.165, 1.54) is 31.0 Å². The Bertz CT molecular complexity index is 513. The van der Waals surface area contributed by atoms with Crippen molar-refractivity contribution in [2.45, 2.75) is 25.4 Å². The molecule has 1 aromatic carbocycles. The van der Waals surface area contributed by atoms with Gasteiger partial charge >= 0.3 is 5.97 Å². The largest absolute Gasteiger partial charge is 0.478 e. The topological polar surface area (TPSA) is 43.8 Å². The standard InChI is InChI=1S/C17H24N2O2/c1-18-11-5-8-16(13-18)19(2)12-15-7-4-3-6-14(15)9-10-17(20)21/h3-4,6-7,9-10,16H,5,8,11-13H2,1-2H3,(H,20,21). The van der Waals surface area contributed by atoms with Crippen molar-refractivity contribution >= 4 is 12.0 Å². The zero-order chi connectivity index (χ0) is 15.2. The van der Waals surface area contributed by atoms with Crippen LogP contribution in [0.1, 0.15) is 24.0 Å². The summed E-state index contributed by atoms with van der Waals surface area (Å²) in [5.74, 6) is -0.910. The molecule has 0 bridgehead atoms. The molecule has 0 aromatic heterocycles. The lowest BCUT2D eigenvalue weighted by molar-refractivity contribution is -0.131. The van der Waals surface area contributed by atoms with Gasteiger partial charge in [0.2, 0.25) is 0 Å². The van der Waals surface area contributed by atoms with Crippen LogP contribution >= 0.6 is 0 Å². The minimum absolute atomic E-state index is 0.570. The molecule has 0 radical (unpaired) electrons. The maximum absolute atomic E-state index is 10.7. The van der Waals surface area contributed by atoms with Crippen LogP contribution in [0, 0.1) is 0 Å². The molecule has 1 fully saturated rings. The summed E-state index contributed by atoms with van der Waals surface area (Å²) in [6, 6.07) is 8.56. The molecule has 1 saturated heterocycles. The van der Waals surface area contributed by atoms with E-state index in [1.54, 1.807) is 6.08 Å². The van der Waals surface area contributed by atoms with Gasteiger partial charge in [-0.25, -0.2) is 4.79 Å². The number of benzene rings is 1. The number of carbonyl (C=O) groups is 1. The van der Waals surface area contributed by atoms with Crippen LogP contribution in [0.15, 0.2) is 30.3 Å². The molecule has 1 unspecified atom stereocenters.